The molecule has 11 heteroatoms. The van der Waals surface area contributed by atoms with Gasteiger partial charge in [0.15, 0.2) is 5.82 Å². The predicted octanol–water partition coefficient (Wildman–Crippen LogP) is 4.01. The minimum Gasteiger partial charge on any atom is -0.338 e. The standard InChI is InChI=1S/C20H25ClF3N5O2/c1-3-4-17-26-19(31-27-17)13(2)29-9-7-28(8-10-29)12-18(30)25-14-5-6-16(21)15(11-14)20(22,23)24/h5-6,11,13H,3-4,7-10,12H2,1-2H3,(H,25,30). The summed E-state index contributed by atoms with van der Waals surface area (Å²) in [7, 11) is 0. The molecule has 0 spiro atoms. The Balaban J connectivity index is 1.50. The van der Waals surface area contributed by atoms with Crippen molar-refractivity contribution in [3.05, 3.63) is 40.5 Å². The number of nitrogens with zero attached hydrogens (tertiary/aromatic N) is 4. The molecule has 3 rings (SSSR count). The van der Waals surface area contributed by atoms with Crippen LogP contribution < -0.4 is 5.32 Å². The van der Waals surface area contributed by atoms with Gasteiger partial charge in [0.1, 0.15) is 0 Å². The van der Waals surface area contributed by atoms with Gasteiger partial charge in [-0.3, -0.25) is 14.6 Å². The van der Waals surface area contributed by atoms with Crippen molar-refractivity contribution in [3.63, 3.8) is 0 Å². The fourth-order valence-corrected chi connectivity index (χ4v) is 3.68. The van der Waals surface area contributed by atoms with Crippen molar-refractivity contribution in [1.29, 1.82) is 0 Å². The number of alkyl halides is 3. The monoisotopic (exact) mass is 459 g/mol. The Hall–Kier alpha value is -2.17. The van der Waals surface area contributed by atoms with Crippen molar-refractivity contribution in [3.8, 4) is 0 Å². The Kier molecular flexibility index (Phi) is 7.55. The molecule has 31 heavy (non-hydrogen) atoms. The third-order valence-electron chi connectivity index (χ3n) is 5.19. The van der Waals surface area contributed by atoms with Crippen molar-refractivity contribution >= 4 is 23.2 Å². The summed E-state index contributed by atoms with van der Waals surface area (Å²) in [5.41, 5.74) is -0.911. The molecule has 2 aromatic rings. The Morgan fingerprint density at radius 1 is 1.29 bits per heavy atom. The van der Waals surface area contributed by atoms with Crippen molar-refractivity contribution in [1.82, 2.24) is 19.9 Å². The van der Waals surface area contributed by atoms with Gasteiger partial charge >= 0.3 is 6.18 Å². The van der Waals surface area contributed by atoms with Crippen LogP contribution in [0.2, 0.25) is 5.02 Å². The zero-order chi connectivity index (χ0) is 22.6. The summed E-state index contributed by atoms with van der Waals surface area (Å²) in [6, 6.07) is 3.30. The van der Waals surface area contributed by atoms with Crippen LogP contribution in [0.5, 0.6) is 0 Å². The lowest BCUT2D eigenvalue weighted by Gasteiger charge is -2.36. The second-order valence-electron chi connectivity index (χ2n) is 7.53. The molecule has 1 atom stereocenters. The Bertz CT molecular complexity index is 897. The number of piperazine rings is 1. The van der Waals surface area contributed by atoms with Gasteiger partial charge in [-0.2, -0.15) is 18.2 Å². The molecule has 0 saturated carbocycles. The lowest BCUT2D eigenvalue weighted by Crippen LogP contribution is -2.49. The smallest absolute Gasteiger partial charge is 0.338 e. The molecular formula is C20H25ClF3N5O2. The van der Waals surface area contributed by atoms with Crippen molar-refractivity contribution in [2.24, 2.45) is 0 Å². The zero-order valence-corrected chi connectivity index (χ0v) is 18.1. The van der Waals surface area contributed by atoms with Crippen molar-refractivity contribution in [2.45, 2.75) is 38.9 Å². The molecule has 0 bridgehead atoms. The largest absolute Gasteiger partial charge is 0.417 e. The number of aryl methyl sites for hydroxylation is 1. The molecule has 1 amide bonds. The number of benzene rings is 1. The van der Waals surface area contributed by atoms with Gasteiger partial charge in [-0.05, 0) is 31.5 Å². The van der Waals surface area contributed by atoms with Crippen LogP contribution >= 0.6 is 11.6 Å². The average Bonchev–Trinajstić information content (AvgIpc) is 3.17. The van der Waals surface area contributed by atoms with Gasteiger partial charge in [0.25, 0.3) is 0 Å². The van der Waals surface area contributed by atoms with E-state index < -0.39 is 16.8 Å². The summed E-state index contributed by atoms with van der Waals surface area (Å²) in [6.45, 7) is 6.84. The second kappa shape index (κ2) is 9.97. The minimum atomic E-state index is -4.58. The van der Waals surface area contributed by atoms with Gasteiger partial charge in [0.05, 0.1) is 23.2 Å². The third kappa shape index (κ3) is 6.18. The molecule has 1 aromatic carbocycles. The van der Waals surface area contributed by atoms with Crippen LogP contribution in [0.15, 0.2) is 22.7 Å². The first-order valence-corrected chi connectivity index (χ1v) is 10.5. The number of anilines is 1. The summed E-state index contributed by atoms with van der Waals surface area (Å²) in [4.78, 5) is 20.9. The van der Waals surface area contributed by atoms with Gasteiger partial charge in [-0.1, -0.05) is 23.7 Å². The summed E-state index contributed by atoms with van der Waals surface area (Å²) in [5, 5.41) is 6.10. The van der Waals surface area contributed by atoms with Crippen LogP contribution in [0, 0.1) is 0 Å². The number of rotatable bonds is 7. The molecule has 2 heterocycles. The van der Waals surface area contributed by atoms with E-state index in [4.69, 9.17) is 16.1 Å². The Labute approximate surface area is 183 Å². The molecule has 1 N–H and O–H groups in total. The van der Waals surface area contributed by atoms with Gasteiger partial charge in [0, 0.05) is 38.3 Å². The van der Waals surface area contributed by atoms with E-state index in [0.29, 0.717) is 37.9 Å². The summed E-state index contributed by atoms with van der Waals surface area (Å²) >= 11 is 5.61. The van der Waals surface area contributed by atoms with E-state index in [-0.39, 0.29) is 24.2 Å². The molecule has 0 aliphatic carbocycles. The first kappa shape index (κ1) is 23.5. The maximum absolute atomic E-state index is 13.0. The molecular weight excluding hydrogens is 435 g/mol. The van der Waals surface area contributed by atoms with Crippen LogP contribution in [0.25, 0.3) is 0 Å². The highest BCUT2D eigenvalue weighted by molar-refractivity contribution is 6.31. The topological polar surface area (TPSA) is 74.5 Å². The third-order valence-corrected chi connectivity index (χ3v) is 5.52. The minimum absolute atomic E-state index is 0.0241. The van der Waals surface area contributed by atoms with Crippen LogP contribution in [-0.4, -0.2) is 58.6 Å². The van der Waals surface area contributed by atoms with E-state index in [2.05, 4.69) is 27.3 Å². The van der Waals surface area contributed by atoms with Gasteiger partial charge in [-0.15, -0.1) is 0 Å². The lowest BCUT2D eigenvalue weighted by atomic mass is 10.2. The van der Waals surface area contributed by atoms with E-state index in [9.17, 15) is 18.0 Å². The average molecular weight is 460 g/mol. The maximum atomic E-state index is 13.0. The molecule has 1 saturated heterocycles. The first-order chi connectivity index (χ1) is 14.7. The highest BCUT2D eigenvalue weighted by Gasteiger charge is 2.33. The van der Waals surface area contributed by atoms with E-state index in [1.807, 2.05) is 11.8 Å². The molecule has 1 aromatic heterocycles. The molecule has 1 unspecified atom stereocenters. The number of amides is 1. The molecule has 170 valence electrons. The first-order valence-electron chi connectivity index (χ1n) is 10.1. The number of hydrogen-bond donors (Lipinski definition) is 1. The zero-order valence-electron chi connectivity index (χ0n) is 17.4. The van der Waals surface area contributed by atoms with Crippen LogP contribution in [-0.2, 0) is 17.4 Å². The SMILES string of the molecule is CCCc1noc(C(C)N2CCN(CC(=O)Nc3ccc(Cl)c(C(F)(F)F)c3)CC2)n1. The summed E-state index contributed by atoms with van der Waals surface area (Å²) in [5.74, 6) is 0.909. The Morgan fingerprint density at radius 2 is 2.00 bits per heavy atom. The van der Waals surface area contributed by atoms with Gasteiger partial charge in [0.2, 0.25) is 11.8 Å². The van der Waals surface area contributed by atoms with E-state index in [1.54, 1.807) is 0 Å². The number of aromatic nitrogens is 2. The van der Waals surface area contributed by atoms with E-state index in [0.717, 1.165) is 25.0 Å². The van der Waals surface area contributed by atoms with E-state index in [1.165, 1.54) is 6.07 Å². The lowest BCUT2D eigenvalue weighted by molar-refractivity contribution is -0.137. The Morgan fingerprint density at radius 3 is 2.65 bits per heavy atom. The molecule has 7 nitrogen and oxygen atoms in total. The number of carbonyl (C=O) groups is 1. The highest BCUT2D eigenvalue weighted by atomic mass is 35.5. The predicted molar refractivity (Wildman–Crippen MR) is 110 cm³/mol. The van der Waals surface area contributed by atoms with E-state index >= 15 is 0 Å². The van der Waals surface area contributed by atoms with Crippen molar-refractivity contribution < 1.29 is 22.5 Å². The molecule has 1 aliphatic rings. The summed E-state index contributed by atoms with van der Waals surface area (Å²) in [6.07, 6.45) is -2.86. The fourth-order valence-electron chi connectivity index (χ4n) is 3.45. The summed E-state index contributed by atoms with van der Waals surface area (Å²) < 4.78 is 44.3. The van der Waals surface area contributed by atoms with Crippen molar-refractivity contribution in [2.75, 3.05) is 38.0 Å². The quantitative estimate of drug-likeness (QED) is 0.674. The molecule has 0 radical (unpaired) electrons. The van der Waals surface area contributed by atoms with Crippen LogP contribution in [0.4, 0.5) is 18.9 Å². The fraction of sp³-hybridized carbons (Fsp3) is 0.550. The van der Waals surface area contributed by atoms with Gasteiger partial charge < -0.3 is 9.84 Å². The van der Waals surface area contributed by atoms with Crippen LogP contribution in [0.1, 0.15) is 43.6 Å². The van der Waals surface area contributed by atoms with Gasteiger partial charge in [-0.25, -0.2) is 0 Å². The molecule has 1 aliphatic heterocycles. The normalized spacial score (nSPS) is 17.0. The number of nitrogens with one attached hydrogen (secondary N) is 1. The van der Waals surface area contributed by atoms with Crippen LogP contribution in [0.3, 0.4) is 0 Å². The highest BCUT2D eigenvalue weighted by Crippen LogP contribution is 2.36. The number of hydrogen-bond acceptors (Lipinski definition) is 6. The second-order valence-corrected chi connectivity index (χ2v) is 7.93. The number of halogens is 4. The maximum Gasteiger partial charge on any atom is 0.417 e. The molecule has 1 fully saturated rings. The number of carbonyl (C=O) groups excluding carboxylic acids is 1.